The zero-order valence-electron chi connectivity index (χ0n) is 14.0. The van der Waals surface area contributed by atoms with Crippen LogP contribution in [0.25, 0.3) is 10.9 Å². The first-order valence-corrected chi connectivity index (χ1v) is 10.1. The van der Waals surface area contributed by atoms with Gasteiger partial charge in [-0.15, -0.1) is 0 Å². The molecule has 0 bridgehead atoms. The molecule has 0 unspecified atom stereocenters. The Labute approximate surface area is 156 Å². The molecule has 0 aliphatic heterocycles. The number of nitrogens with zero attached hydrogens (tertiary/aromatic N) is 1. The van der Waals surface area contributed by atoms with Gasteiger partial charge in [0.25, 0.3) is 0 Å². The first kappa shape index (κ1) is 18.4. The second-order valence-electron chi connectivity index (χ2n) is 5.90. The van der Waals surface area contributed by atoms with E-state index in [1.54, 1.807) is 24.3 Å². The molecular formula is C18H17ClFN3O2S. The zero-order valence-corrected chi connectivity index (χ0v) is 15.5. The minimum atomic E-state index is -3.28. The molecule has 0 saturated heterocycles. The number of fused-ring (bicyclic) bond motifs is 1. The van der Waals surface area contributed by atoms with Gasteiger partial charge in [0.15, 0.2) is 0 Å². The third-order valence-electron chi connectivity index (χ3n) is 3.73. The van der Waals surface area contributed by atoms with E-state index in [0.717, 1.165) is 17.5 Å². The molecule has 0 aliphatic rings. The standard InChI is InChI=1S/C18H17ClFN3O2S/c1-26(24,25)23-14-5-2-12(3-6-14)8-9-21-17-11-18(19)22-16-7-4-13(20)10-15(16)17/h2-7,10-11,23H,8-9H2,1H3,(H,21,22). The van der Waals surface area contributed by atoms with Crippen LogP contribution >= 0.6 is 11.6 Å². The molecule has 0 atom stereocenters. The van der Waals surface area contributed by atoms with Crippen molar-refractivity contribution in [3.05, 3.63) is 65.1 Å². The molecule has 3 aromatic rings. The SMILES string of the molecule is CS(=O)(=O)Nc1ccc(CCNc2cc(Cl)nc3ccc(F)cc23)cc1. The van der Waals surface area contributed by atoms with Crippen molar-refractivity contribution in [1.29, 1.82) is 0 Å². The number of pyridine rings is 1. The Morgan fingerprint density at radius 2 is 1.85 bits per heavy atom. The van der Waals surface area contributed by atoms with Crippen molar-refractivity contribution in [3.63, 3.8) is 0 Å². The number of nitrogens with one attached hydrogen (secondary N) is 2. The normalized spacial score (nSPS) is 11.5. The van der Waals surface area contributed by atoms with E-state index in [2.05, 4.69) is 15.0 Å². The van der Waals surface area contributed by atoms with E-state index in [0.29, 0.717) is 34.7 Å². The van der Waals surface area contributed by atoms with Gasteiger partial charge in [0.2, 0.25) is 10.0 Å². The summed E-state index contributed by atoms with van der Waals surface area (Å²) in [6, 6.07) is 13.2. The minimum Gasteiger partial charge on any atom is -0.384 e. The highest BCUT2D eigenvalue weighted by Gasteiger charge is 2.06. The molecule has 3 rings (SSSR count). The Bertz CT molecular complexity index is 1040. The fraction of sp³-hybridized carbons (Fsp3) is 0.167. The van der Waals surface area contributed by atoms with Gasteiger partial charge < -0.3 is 5.32 Å². The Morgan fingerprint density at radius 1 is 1.12 bits per heavy atom. The van der Waals surface area contributed by atoms with Crippen molar-refractivity contribution in [1.82, 2.24) is 4.98 Å². The van der Waals surface area contributed by atoms with E-state index in [1.807, 2.05) is 12.1 Å². The third kappa shape index (κ3) is 4.83. The summed E-state index contributed by atoms with van der Waals surface area (Å²) in [7, 11) is -3.28. The summed E-state index contributed by atoms with van der Waals surface area (Å²) in [5.74, 6) is -0.335. The van der Waals surface area contributed by atoms with E-state index >= 15 is 0 Å². The maximum absolute atomic E-state index is 13.5. The summed E-state index contributed by atoms with van der Waals surface area (Å²) in [6.45, 7) is 0.602. The van der Waals surface area contributed by atoms with E-state index in [4.69, 9.17) is 11.6 Å². The van der Waals surface area contributed by atoms with Gasteiger partial charge in [0, 0.05) is 23.3 Å². The monoisotopic (exact) mass is 393 g/mol. The van der Waals surface area contributed by atoms with Gasteiger partial charge in [-0.3, -0.25) is 4.72 Å². The Morgan fingerprint density at radius 3 is 2.54 bits per heavy atom. The molecule has 1 heterocycles. The smallest absolute Gasteiger partial charge is 0.229 e. The molecule has 0 aliphatic carbocycles. The highest BCUT2D eigenvalue weighted by atomic mass is 35.5. The van der Waals surface area contributed by atoms with E-state index in [1.165, 1.54) is 12.1 Å². The summed E-state index contributed by atoms with van der Waals surface area (Å²) in [6.07, 6.45) is 1.81. The molecule has 2 aromatic carbocycles. The zero-order chi connectivity index (χ0) is 18.7. The lowest BCUT2D eigenvalue weighted by molar-refractivity contribution is 0.607. The lowest BCUT2D eigenvalue weighted by atomic mass is 10.1. The largest absolute Gasteiger partial charge is 0.384 e. The van der Waals surface area contributed by atoms with Crippen molar-refractivity contribution in [2.75, 3.05) is 22.8 Å². The van der Waals surface area contributed by atoms with Crippen molar-refractivity contribution < 1.29 is 12.8 Å². The number of anilines is 2. The van der Waals surface area contributed by atoms with Crippen LogP contribution in [0.4, 0.5) is 15.8 Å². The summed E-state index contributed by atoms with van der Waals surface area (Å²) in [5, 5.41) is 4.26. The molecule has 0 saturated carbocycles. The van der Waals surface area contributed by atoms with Gasteiger partial charge in [-0.05, 0) is 48.4 Å². The van der Waals surface area contributed by atoms with Gasteiger partial charge in [-0.25, -0.2) is 17.8 Å². The predicted molar refractivity (Wildman–Crippen MR) is 104 cm³/mol. The molecule has 26 heavy (non-hydrogen) atoms. The van der Waals surface area contributed by atoms with Crippen LogP contribution in [0.15, 0.2) is 48.5 Å². The molecule has 1 aromatic heterocycles. The molecule has 0 fully saturated rings. The number of halogens is 2. The summed E-state index contributed by atoms with van der Waals surface area (Å²) < 4.78 is 38.4. The Balaban J connectivity index is 1.68. The topological polar surface area (TPSA) is 71.1 Å². The van der Waals surface area contributed by atoms with Crippen LogP contribution in [0.3, 0.4) is 0 Å². The number of benzene rings is 2. The van der Waals surface area contributed by atoms with E-state index in [9.17, 15) is 12.8 Å². The van der Waals surface area contributed by atoms with E-state index < -0.39 is 10.0 Å². The molecule has 136 valence electrons. The van der Waals surface area contributed by atoms with Crippen LogP contribution in [-0.2, 0) is 16.4 Å². The molecule has 0 radical (unpaired) electrons. The summed E-state index contributed by atoms with van der Waals surface area (Å²) in [4.78, 5) is 4.19. The van der Waals surface area contributed by atoms with Crippen molar-refractivity contribution in [2.24, 2.45) is 0 Å². The summed E-state index contributed by atoms with van der Waals surface area (Å²) >= 11 is 6.03. The second-order valence-corrected chi connectivity index (χ2v) is 8.04. The molecule has 5 nitrogen and oxygen atoms in total. The predicted octanol–water partition coefficient (Wildman–Crippen LogP) is 4.05. The molecule has 0 amide bonds. The van der Waals surface area contributed by atoms with Crippen LogP contribution in [0.2, 0.25) is 5.15 Å². The highest BCUT2D eigenvalue weighted by molar-refractivity contribution is 7.92. The lowest BCUT2D eigenvalue weighted by Crippen LogP contribution is -2.09. The Kier molecular flexibility index (Phi) is 5.29. The minimum absolute atomic E-state index is 0.335. The first-order chi connectivity index (χ1) is 12.3. The van der Waals surface area contributed by atoms with Crippen LogP contribution < -0.4 is 10.0 Å². The lowest BCUT2D eigenvalue weighted by Gasteiger charge is -2.11. The van der Waals surface area contributed by atoms with Crippen molar-refractivity contribution in [3.8, 4) is 0 Å². The van der Waals surface area contributed by atoms with Gasteiger partial charge in [0.1, 0.15) is 11.0 Å². The van der Waals surface area contributed by atoms with Crippen LogP contribution in [0, 0.1) is 5.82 Å². The van der Waals surface area contributed by atoms with Gasteiger partial charge >= 0.3 is 0 Å². The van der Waals surface area contributed by atoms with Crippen molar-refractivity contribution >= 4 is 43.9 Å². The molecule has 0 spiro atoms. The maximum Gasteiger partial charge on any atom is 0.229 e. The second kappa shape index (κ2) is 7.47. The average molecular weight is 394 g/mol. The number of sulfonamides is 1. The van der Waals surface area contributed by atoms with Gasteiger partial charge in [-0.1, -0.05) is 23.7 Å². The molecule has 2 N–H and O–H groups in total. The quantitative estimate of drug-likeness (QED) is 0.620. The van der Waals surface area contributed by atoms with Gasteiger partial charge in [-0.2, -0.15) is 0 Å². The highest BCUT2D eigenvalue weighted by Crippen LogP contribution is 2.26. The van der Waals surface area contributed by atoms with Gasteiger partial charge in [0.05, 0.1) is 11.8 Å². The fourth-order valence-electron chi connectivity index (χ4n) is 2.61. The van der Waals surface area contributed by atoms with Crippen molar-refractivity contribution in [2.45, 2.75) is 6.42 Å². The van der Waals surface area contributed by atoms with E-state index in [-0.39, 0.29) is 5.82 Å². The number of hydrogen-bond acceptors (Lipinski definition) is 4. The molecule has 8 heteroatoms. The Hall–Kier alpha value is -2.38. The number of rotatable bonds is 6. The average Bonchev–Trinajstić information content (AvgIpc) is 2.55. The fourth-order valence-corrected chi connectivity index (χ4v) is 3.37. The summed E-state index contributed by atoms with van der Waals surface area (Å²) in [5.41, 5.74) is 2.89. The third-order valence-corrected chi connectivity index (χ3v) is 4.53. The first-order valence-electron chi connectivity index (χ1n) is 7.86. The number of hydrogen-bond donors (Lipinski definition) is 2. The number of aromatic nitrogens is 1. The molecular weight excluding hydrogens is 377 g/mol. The van der Waals surface area contributed by atoms with Crippen LogP contribution in [0.5, 0.6) is 0 Å². The van der Waals surface area contributed by atoms with Crippen LogP contribution in [-0.4, -0.2) is 26.2 Å². The maximum atomic E-state index is 13.5. The van der Waals surface area contributed by atoms with Crippen LogP contribution in [0.1, 0.15) is 5.56 Å².